The summed E-state index contributed by atoms with van der Waals surface area (Å²) in [7, 11) is 0. The number of ketones is 1. The molecule has 0 fully saturated rings. The molecule has 1 aromatic heterocycles. The molecule has 0 saturated carbocycles. The molecular formula is C11H18BrNO. The van der Waals surface area contributed by atoms with Gasteiger partial charge in [-0.05, 0) is 28.9 Å². The van der Waals surface area contributed by atoms with E-state index in [-0.39, 0.29) is 5.78 Å². The molecule has 0 radical (unpaired) electrons. The van der Waals surface area contributed by atoms with E-state index in [0.29, 0.717) is 5.56 Å². The standard InChI is InChI=1S/C7H6BrNO.2C2H6/c1-5(10)6-2-7(8)4-9-3-6;2*1-2/h2-4H,1H3;2*1-2H3. The highest BCUT2D eigenvalue weighted by atomic mass is 79.9. The minimum absolute atomic E-state index is 0.0359. The van der Waals surface area contributed by atoms with Gasteiger partial charge in [0.2, 0.25) is 0 Å². The van der Waals surface area contributed by atoms with Crippen LogP contribution in [0.2, 0.25) is 0 Å². The van der Waals surface area contributed by atoms with Crippen molar-refractivity contribution in [3.63, 3.8) is 0 Å². The maximum absolute atomic E-state index is 10.7. The Morgan fingerprint density at radius 2 is 1.71 bits per heavy atom. The van der Waals surface area contributed by atoms with E-state index in [0.717, 1.165) is 4.47 Å². The van der Waals surface area contributed by atoms with Gasteiger partial charge in [-0.2, -0.15) is 0 Å². The van der Waals surface area contributed by atoms with Crippen molar-refractivity contribution >= 4 is 21.7 Å². The number of pyridine rings is 1. The second-order valence-corrected chi connectivity index (χ2v) is 2.86. The summed E-state index contributed by atoms with van der Waals surface area (Å²) >= 11 is 3.22. The van der Waals surface area contributed by atoms with Crippen LogP contribution in [0.5, 0.6) is 0 Å². The van der Waals surface area contributed by atoms with Gasteiger partial charge in [-0.15, -0.1) is 0 Å². The highest BCUT2D eigenvalue weighted by Crippen LogP contribution is 2.09. The average molecular weight is 260 g/mol. The second kappa shape index (κ2) is 10.4. The van der Waals surface area contributed by atoms with Crippen LogP contribution in [0.15, 0.2) is 22.9 Å². The Morgan fingerprint density at radius 1 is 1.21 bits per heavy atom. The molecular weight excluding hydrogens is 242 g/mol. The van der Waals surface area contributed by atoms with Crippen LogP contribution < -0.4 is 0 Å². The number of halogens is 1. The van der Waals surface area contributed by atoms with Crippen molar-refractivity contribution in [2.45, 2.75) is 34.6 Å². The highest BCUT2D eigenvalue weighted by Gasteiger charge is 1.97. The van der Waals surface area contributed by atoms with Crippen LogP contribution in [0.3, 0.4) is 0 Å². The van der Waals surface area contributed by atoms with Crippen molar-refractivity contribution in [1.29, 1.82) is 0 Å². The highest BCUT2D eigenvalue weighted by molar-refractivity contribution is 9.10. The lowest BCUT2D eigenvalue weighted by atomic mass is 10.2. The second-order valence-electron chi connectivity index (χ2n) is 1.95. The van der Waals surface area contributed by atoms with Gasteiger partial charge < -0.3 is 0 Å². The van der Waals surface area contributed by atoms with Gasteiger partial charge in [0.15, 0.2) is 5.78 Å². The maximum Gasteiger partial charge on any atom is 0.161 e. The summed E-state index contributed by atoms with van der Waals surface area (Å²) in [6.07, 6.45) is 3.19. The number of Topliss-reactive ketones (excluding diaryl/α,β-unsaturated/α-hetero) is 1. The first-order valence-corrected chi connectivity index (χ1v) is 5.61. The number of hydrogen-bond acceptors (Lipinski definition) is 2. The molecule has 3 heteroatoms. The fraction of sp³-hybridized carbons (Fsp3) is 0.455. The van der Waals surface area contributed by atoms with E-state index in [1.54, 1.807) is 18.5 Å². The van der Waals surface area contributed by atoms with E-state index in [2.05, 4.69) is 20.9 Å². The number of hydrogen-bond donors (Lipinski definition) is 0. The third-order valence-corrected chi connectivity index (χ3v) is 1.55. The van der Waals surface area contributed by atoms with Crippen LogP contribution in [0.4, 0.5) is 0 Å². The molecule has 0 saturated heterocycles. The molecule has 14 heavy (non-hydrogen) atoms. The van der Waals surface area contributed by atoms with E-state index in [1.165, 1.54) is 6.92 Å². The molecule has 1 aromatic rings. The molecule has 0 aliphatic rings. The topological polar surface area (TPSA) is 30.0 Å². The third-order valence-electron chi connectivity index (χ3n) is 1.11. The van der Waals surface area contributed by atoms with Crippen molar-refractivity contribution in [2.24, 2.45) is 0 Å². The molecule has 0 aliphatic carbocycles. The summed E-state index contributed by atoms with van der Waals surface area (Å²) in [5.74, 6) is 0.0359. The Labute approximate surface area is 94.9 Å². The van der Waals surface area contributed by atoms with Crippen LogP contribution in [0, 0.1) is 0 Å². The monoisotopic (exact) mass is 259 g/mol. The smallest absolute Gasteiger partial charge is 0.161 e. The molecule has 1 heterocycles. The number of aromatic nitrogens is 1. The Bertz CT molecular complexity index is 261. The zero-order chi connectivity index (χ0) is 11.6. The van der Waals surface area contributed by atoms with Gasteiger partial charge >= 0.3 is 0 Å². The van der Waals surface area contributed by atoms with E-state index >= 15 is 0 Å². The van der Waals surface area contributed by atoms with E-state index < -0.39 is 0 Å². The molecule has 0 aromatic carbocycles. The predicted octanol–water partition coefficient (Wildman–Crippen LogP) is 4.10. The third kappa shape index (κ3) is 6.78. The van der Waals surface area contributed by atoms with Crippen LogP contribution in [0.1, 0.15) is 45.0 Å². The lowest BCUT2D eigenvalue weighted by Gasteiger charge is -1.92. The molecule has 0 aliphatic heterocycles. The molecule has 0 bridgehead atoms. The fourth-order valence-corrected chi connectivity index (χ4v) is 0.969. The molecule has 2 nitrogen and oxygen atoms in total. The Morgan fingerprint density at radius 3 is 2.00 bits per heavy atom. The van der Waals surface area contributed by atoms with Crippen LogP contribution in [-0.4, -0.2) is 10.8 Å². The summed E-state index contributed by atoms with van der Waals surface area (Å²) in [6, 6.07) is 1.75. The van der Waals surface area contributed by atoms with Crippen molar-refractivity contribution < 1.29 is 4.79 Å². The first-order valence-electron chi connectivity index (χ1n) is 4.81. The quantitative estimate of drug-likeness (QED) is 0.711. The summed E-state index contributed by atoms with van der Waals surface area (Å²) in [4.78, 5) is 14.6. The molecule has 0 atom stereocenters. The molecule has 0 spiro atoms. The Balaban J connectivity index is 0. The number of rotatable bonds is 1. The summed E-state index contributed by atoms with van der Waals surface area (Å²) in [5.41, 5.74) is 0.634. The van der Waals surface area contributed by atoms with Gasteiger partial charge in [-0.1, -0.05) is 27.7 Å². The normalized spacial score (nSPS) is 7.57. The zero-order valence-electron chi connectivity index (χ0n) is 9.47. The molecule has 0 N–H and O–H groups in total. The SMILES string of the molecule is CC.CC.CC(=O)c1cncc(Br)c1. The Hall–Kier alpha value is -0.700. The van der Waals surface area contributed by atoms with Crippen molar-refractivity contribution in [2.75, 3.05) is 0 Å². The van der Waals surface area contributed by atoms with Gasteiger partial charge in [0.25, 0.3) is 0 Å². The summed E-state index contributed by atoms with van der Waals surface area (Å²) < 4.78 is 0.834. The first-order chi connectivity index (χ1) is 6.70. The van der Waals surface area contributed by atoms with Crippen LogP contribution in [-0.2, 0) is 0 Å². The maximum atomic E-state index is 10.7. The largest absolute Gasteiger partial charge is 0.294 e. The number of nitrogens with zero attached hydrogens (tertiary/aromatic N) is 1. The summed E-state index contributed by atoms with van der Waals surface area (Å²) in [5, 5.41) is 0. The molecule has 1 rings (SSSR count). The zero-order valence-corrected chi connectivity index (χ0v) is 11.1. The lowest BCUT2D eigenvalue weighted by Crippen LogP contribution is -1.91. The lowest BCUT2D eigenvalue weighted by molar-refractivity contribution is 0.101. The Kier molecular flexibility index (Phi) is 11.7. The van der Waals surface area contributed by atoms with Gasteiger partial charge in [0, 0.05) is 22.4 Å². The minimum atomic E-state index is 0.0359. The minimum Gasteiger partial charge on any atom is -0.294 e. The molecule has 80 valence electrons. The summed E-state index contributed by atoms with van der Waals surface area (Å²) in [6.45, 7) is 9.52. The van der Waals surface area contributed by atoms with Gasteiger partial charge in [-0.3, -0.25) is 9.78 Å². The van der Waals surface area contributed by atoms with E-state index in [1.807, 2.05) is 27.7 Å². The first kappa shape index (κ1) is 15.8. The van der Waals surface area contributed by atoms with Crippen molar-refractivity contribution in [3.05, 3.63) is 28.5 Å². The van der Waals surface area contributed by atoms with E-state index in [4.69, 9.17) is 0 Å². The predicted molar refractivity (Wildman–Crippen MR) is 64.6 cm³/mol. The number of carbonyl (C=O) groups excluding carboxylic acids is 1. The van der Waals surface area contributed by atoms with E-state index in [9.17, 15) is 4.79 Å². The van der Waals surface area contributed by atoms with Crippen LogP contribution in [0.25, 0.3) is 0 Å². The number of carbonyl (C=O) groups is 1. The fourth-order valence-electron chi connectivity index (χ4n) is 0.604. The molecule has 0 unspecified atom stereocenters. The average Bonchev–Trinajstić information content (AvgIpc) is 2.24. The van der Waals surface area contributed by atoms with Gasteiger partial charge in [-0.25, -0.2) is 0 Å². The molecule has 0 amide bonds. The van der Waals surface area contributed by atoms with Crippen LogP contribution >= 0.6 is 15.9 Å². The van der Waals surface area contributed by atoms with Crippen molar-refractivity contribution in [3.8, 4) is 0 Å². The van der Waals surface area contributed by atoms with Crippen molar-refractivity contribution in [1.82, 2.24) is 4.98 Å². The van der Waals surface area contributed by atoms with Gasteiger partial charge in [0.1, 0.15) is 0 Å². The van der Waals surface area contributed by atoms with Gasteiger partial charge in [0.05, 0.1) is 0 Å².